The van der Waals surface area contributed by atoms with E-state index in [1.165, 1.54) is 38.4 Å². The number of hydrogen-bond acceptors (Lipinski definition) is 6. The fraction of sp³-hybridized carbons (Fsp3) is 0.278. The van der Waals surface area contributed by atoms with Gasteiger partial charge in [0.15, 0.2) is 0 Å². The molecule has 0 spiro atoms. The number of nitrogens with zero attached hydrogens (tertiary/aromatic N) is 1. The van der Waals surface area contributed by atoms with Crippen LogP contribution in [-0.2, 0) is 24.8 Å². The van der Waals surface area contributed by atoms with Crippen molar-refractivity contribution in [2.45, 2.75) is 16.7 Å². The standard InChI is InChI=1S/C18H22FN3O6S2/c1-12-5-7-14(29(24,25)20-2)10-15(12)21-18(23)11-22(3)30(26,27)17-9-13(19)6-8-16(17)28-4/h5-10,20H,11H2,1-4H3,(H,21,23). The topological polar surface area (TPSA) is 122 Å². The molecule has 0 aliphatic rings. The summed E-state index contributed by atoms with van der Waals surface area (Å²) in [4.78, 5) is 11.9. The van der Waals surface area contributed by atoms with Crippen LogP contribution < -0.4 is 14.8 Å². The average Bonchev–Trinajstić information content (AvgIpc) is 2.69. The van der Waals surface area contributed by atoms with Crippen LogP contribution in [0.25, 0.3) is 0 Å². The third-order valence-corrected chi connectivity index (χ3v) is 7.48. The molecule has 0 saturated heterocycles. The van der Waals surface area contributed by atoms with Crippen molar-refractivity contribution in [1.82, 2.24) is 9.03 Å². The number of hydrogen-bond donors (Lipinski definition) is 2. The van der Waals surface area contributed by atoms with E-state index in [9.17, 15) is 26.0 Å². The number of benzene rings is 2. The lowest BCUT2D eigenvalue weighted by Gasteiger charge is -2.19. The van der Waals surface area contributed by atoms with Crippen LogP contribution in [0, 0.1) is 12.7 Å². The van der Waals surface area contributed by atoms with Crippen molar-refractivity contribution < 1.29 is 30.8 Å². The molecule has 0 bridgehead atoms. The number of methoxy groups -OCH3 is 1. The van der Waals surface area contributed by atoms with Crippen molar-refractivity contribution in [2.24, 2.45) is 0 Å². The second-order valence-corrected chi connectivity index (χ2v) is 10.2. The maximum absolute atomic E-state index is 13.6. The van der Waals surface area contributed by atoms with Crippen LogP contribution in [0.1, 0.15) is 5.56 Å². The number of carbonyl (C=O) groups excluding carboxylic acids is 1. The minimum Gasteiger partial charge on any atom is -0.495 e. The molecule has 0 aliphatic carbocycles. The molecule has 9 nitrogen and oxygen atoms in total. The lowest BCUT2D eigenvalue weighted by molar-refractivity contribution is -0.116. The van der Waals surface area contributed by atoms with E-state index in [-0.39, 0.29) is 16.3 Å². The summed E-state index contributed by atoms with van der Waals surface area (Å²) in [6.07, 6.45) is 0. The molecule has 12 heteroatoms. The number of likely N-dealkylation sites (N-methyl/N-ethyl adjacent to an activating group) is 1. The van der Waals surface area contributed by atoms with Crippen LogP contribution in [-0.4, -0.2) is 54.8 Å². The molecular formula is C18H22FN3O6S2. The molecule has 0 aliphatic heterocycles. The van der Waals surface area contributed by atoms with Gasteiger partial charge in [-0.2, -0.15) is 4.31 Å². The first kappa shape index (κ1) is 23.7. The number of amides is 1. The minimum atomic E-state index is -4.24. The van der Waals surface area contributed by atoms with Gasteiger partial charge in [0.05, 0.1) is 18.6 Å². The molecule has 0 saturated carbocycles. The van der Waals surface area contributed by atoms with Crippen LogP contribution in [0.15, 0.2) is 46.2 Å². The third kappa shape index (κ3) is 5.14. The molecule has 0 aromatic heterocycles. The van der Waals surface area contributed by atoms with Crippen molar-refractivity contribution in [2.75, 3.05) is 33.1 Å². The Morgan fingerprint density at radius 2 is 1.80 bits per heavy atom. The Kier molecular flexibility index (Phi) is 7.18. The smallest absolute Gasteiger partial charge is 0.247 e. The van der Waals surface area contributed by atoms with Crippen LogP contribution in [0.4, 0.5) is 10.1 Å². The Balaban J connectivity index is 2.25. The first-order valence-electron chi connectivity index (χ1n) is 8.56. The van der Waals surface area contributed by atoms with Gasteiger partial charge in [-0.3, -0.25) is 4.79 Å². The number of aryl methyl sites for hydroxylation is 1. The van der Waals surface area contributed by atoms with Gasteiger partial charge in [-0.05, 0) is 49.9 Å². The van der Waals surface area contributed by atoms with Crippen molar-refractivity contribution in [3.05, 3.63) is 47.8 Å². The second kappa shape index (κ2) is 9.08. The number of nitrogens with one attached hydrogen (secondary N) is 2. The Morgan fingerprint density at radius 3 is 2.40 bits per heavy atom. The highest BCUT2D eigenvalue weighted by atomic mass is 32.2. The molecule has 0 heterocycles. The molecular weight excluding hydrogens is 437 g/mol. The number of sulfonamides is 2. The van der Waals surface area contributed by atoms with Gasteiger partial charge in [0, 0.05) is 12.7 Å². The van der Waals surface area contributed by atoms with Gasteiger partial charge in [0.1, 0.15) is 16.5 Å². The summed E-state index contributed by atoms with van der Waals surface area (Å²) in [5.74, 6) is -1.55. The Labute approximate surface area is 174 Å². The van der Waals surface area contributed by atoms with E-state index in [1.54, 1.807) is 6.92 Å². The zero-order valence-electron chi connectivity index (χ0n) is 16.8. The fourth-order valence-corrected chi connectivity index (χ4v) is 4.56. The summed E-state index contributed by atoms with van der Waals surface area (Å²) in [5.41, 5.74) is 0.793. The average molecular weight is 460 g/mol. The second-order valence-electron chi connectivity index (χ2n) is 6.29. The Bertz CT molecular complexity index is 1170. The number of carbonyl (C=O) groups is 1. The van der Waals surface area contributed by atoms with E-state index in [0.29, 0.717) is 5.56 Å². The van der Waals surface area contributed by atoms with Gasteiger partial charge in [0.25, 0.3) is 0 Å². The molecule has 2 rings (SSSR count). The highest BCUT2D eigenvalue weighted by Gasteiger charge is 2.27. The zero-order valence-corrected chi connectivity index (χ0v) is 18.4. The maximum atomic E-state index is 13.6. The lowest BCUT2D eigenvalue weighted by atomic mass is 10.2. The number of anilines is 1. The van der Waals surface area contributed by atoms with Crippen molar-refractivity contribution in [3.63, 3.8) is 0 Å². The largest absolute Gasteiger partial charge is 0.495 e. The van der Waals surface area contributed by atoms with Gasteiger partial charge < -0.3 is 10.1 Å². The van der Waals surface area contributed by atoms with Crippen molar-refractivity contribution >= 4 is 31.6 Å². The third-order valence-electron chi connectivity index (χ3n) is 4.24. The van der Waals surface area contributed by atoms with Crippen LogP contribution in [0.5, 0.6) is 5.75 Å². The fourth-order valence-electron chi connectivity index (χ4n) is 2.52. The monoisotopic (exact) mass is 459 g/mol. The van der Waals surface area contributed by atoms with E-state index in [2.05, 4.69) is 10.0 Å². The normalized spacial score (nSPS) is 12.1. The molecule has 30 heavy (non-hydrogen) atoms. The summed E-state index contributed by atoms with van der Waals surface area (Å²) in [7, 11) is -4.30. The molecule has 2 aromatic carbocycles. The van der Waals surface area contributed by atoms with Gasteiger partial charge in [-0.1, -0.05) is 6.07 Å². The van der Waals surface area contributed by atoms with E-state index in [1.807, 2.05) is 0 Å². The van der Waals surface area contributed by atoms with Crippen LogP contribution in [0.3, 0.4) is 0 Å². The predicted octanol–water partition coefficient (Wildman–Crippen LogP) is 1.31. The Hall–Kier alpha value is -2.54. The number of ether oxygens (including phenoxy) is 1. The molecule has 0 atom stereocenters. The van der Waals surface area contributed by atoms with E-state index >= 15 is 0 Å². The minimum absolute atomic E-state index is 0.0589. The summed E-state index contributed by atoms with van der Waals surface area (Å²) in [5, 5.41) is 2.50. The van der Waals surface area contributed by atoms with Crippen LogP contribution in [0.2, 0.25) is 0 Å². The quantitative estimate of drug-likeness (QED) is 0.614. The number of halogens is 1. The van der Waals surface area contributed by atoms with E-state index in [0.717, 1.165) is 23.5 Å². The van der Waals surface area contributed by atoms with Crippen LogP contribution >= 0.6 is 0 Å². The highest BCUT2D eigenvalue weighted by Crippen LogP contribution is 2.27. The van der Waals surface area contributed by atoms with Gasteiger partial charge in [-0.15, -0.1) is 0 Å². The summed E-state index contributed by atoms with van der Waals surface area (Å²) in [6, 6.07) is 7.19. The lowest BCUT2D eigenvalue weighted by Crippen LogP contribution is -2.35. The molecule has 1 amide bonds. The van der Waals surface area contributed by atoms with Gasteiger partial charge >= 0.3 is 0 Å². The predicted molar refractivity (Wildman–Crippen MR) is 109 cm³/mol. The summed E-state index contributed by atoms with van der Waals surface area (Å²) in [6.45, 7) is 1.06. The van der Waals surface area contributed by atoms with Crippen molar-refractivity contribution in [3.8, 4) is 5.75 Å². The zero-order chi connectivity index (χ0) is 22.7. The number of rotatable bonds is 8. The molecule has 164 valence electrons. The first-order valence-corrected chi connectivity index (χ1v) is 11.5. The summed E-state index contributed by atoms with van der Waals surface area (Å²) < 4.78 is 70.9. The van der Waals surface area contributed by atoms with E-state index < -0.39 is 43.2 Å². The molecule has 0 fully saturated rings. The maximum Gasteiger partial charge on any atom is 0.247 e. The first-order chi connectivity index (χ1) is 13.9. The molecule has 0 radical (unpaired) electrons. The van der Waals surface area contributed by atoms with E-state index in [4.69, 9.17) is 4.74 Å². The molecule has 2 aromatic rings. The van der Waals surface area contributed by atoms with Gasteiger partial charge in [0.2, 0.25) is 26.0 Å². The summed E-state index contributed by atoms with van der Waals surface area (Å²) >= 11 is 0. The van der Waals surface area contributed by atoms with Crippen molar-refractivity contribution in [1.29, 1.82) is 0 Å². The van der Waals surface area contributed by atoms with Gasteiger partial charge in [-0.25, -0.2) is 25.9 Å². The molecule has 0 unspecified atom stereocenters. The SMILES string of the molecule is CNS(=O)(=O)c1ccc(C)c(NC(=O)CN(C)S(=O)(=O)c2cc(F)ccc2OC)c1. The Morgan fingerprint density at radius 1 is 1.13 bits per heavy atom. The highest BCUT2D eigenvalue weighted by molar-refractivity contribution is 7.89. The molecule has 2 N–H and O–H groups in total.